The highest BCUT2D eigenvalue weighted by molar-refractivity contribution is 6.05. The zero-order chi connectivity index (χ0) is 25.3. The number of hydrogen-bond acceptors (Lipinski definition) is 8. The van der Waals surface area contributed by atoms with E-state index in [1.807, 2.05) is 25.2 Å². The van der Waals surface area contributed by atoms with Crippen LogP contribution in [0.4, 0.5) is 4.79 Å². The molecule has 184 valence electrons. The number of esters is 1. The zero-order valence-corrected chi connectivity index (χ0v) is 19.9. The summed E-state index contributed by atoms with van der Waals surface area (Å²) in [6.45, 7) is 8.19. The molecule has 1 unspecified atom stereocenters. The molecule has 11 nitrogen and oxygen atoms in total. The second-order valence-corrected chi connectivity index (χ2v) is 8.76. The summed E-state index contributed by atoms with van der Waals surface area (Å²) in [7, 11) is 0. The number of aromatic nitrogens is 3. The Labute approximate surface area is 201 Å². The normalized spacial score (nSPS) is 13.7. The van der Waals surface area contributed by atoms with Gasteiger partial charge in [0.1, 0.15) is 13.2 Å². The van der Waals surface area contributed by atoms with E-state index in [0.717, 1.165) is 0 Å². The quantitative estimate of drug-likeness (QED) is 0.511. The van der Waals surface area contributed by atoms with Crippen molar-refractivity contribution in [3.63, 3.8) is 0 Å². The molecular weight excluding hydrogens is 454 g/mol. The number of nitrogens with two attached hydrogens (primary N) is 1. The van der Waals surface area contributed by atoms with Crippen molar-refractivity contribution in [3.05, 3.63) is 36.0 Å². The summed E-state index contributed by atoms with van der Waals surface area (Å²) < 4.78 is 18.5. The number of hydrogen-bond donors (Lipinski definition) is 2. The van der Waals surface area contributed by atoms with Gasteiger partial charge < -0.3 is 19.9 Å². The number of ether oxygens (including phenoxy) is 3. The number of benzene rings is 1. The minimum atomic E-state index is -1.23. The van der Waals surface area contributed by atoms with Gasteiger partial charge in [0.15, 0.2) is 23.3 Å². The summed E-state index contributed by atoms with van der Waals surface area (Å²) in [5, 5.41) is 6.84. The van der Waals surface area contributed by atoms with Crippen molar-refractivity contribution in [1.82, 2.24) is 20.1 Å². The van der Waals surface area contributed by atoms with E-state index < -0.39 is 29.9 Å². The van der Waals surface area contributed by atoms with Gasteiger partial charge in [-0.25, -0.2) is 19.3 Å². The maximum atomic E-state index is 13.3. The number of amides is 3. The van der Waals surface area contributed by atoms with E-state index >= 15 is 0 Å². The molecule has 0 bridgehead atoms. The fourth-order valence-corrected chi connectivity index (χ4v) is 3.78. The molecule has 0 radical (unpaired) electrons. The molecule has 3 amide bonds. The first-order valence-corrected chi connectivity index (χ1v) is 11.2. The van der Waals surface area contributed by atoms with Gasteiger partial charge in [-0.2, -0.15) is 5.10 Å². The molecule has 0 fully saturated rings. The molecule has 2 aromatic heterocycles. The van der Waals surface area contributed by atoms with E-state index in [9.17, 15) is 14.4 Å². The third-order valence-electron chi connectivity index (χ3n) is 5.46. The Balaban J connectivity index is 1.79. The van der Waals surface area contributed by atoms with Crippen LogP contribution >= 0.6 is 0 Å². The van der Waals surface area contributed by atoms with E-state index in [-0.39, 0.29) is 11.6 Å². The minimum Gasteiger partial charge on any atom is -0.486 e. The van der Waals surface area contributed by atoms with Crippen molar-refractivity contribution in [2.75, 3.05) is 13.2 Å². The zero-order valence-electron chi connectivity index (χ0n) is 19.9. The first kappa shape index (κ1) is 24.0. The molecule has 35 heavy (non-hydrogen) atoms. The van der Waals surface area contributed by atoms with Crippen LogP contribution < -0.4 is 20.5 Å². The van der Waals surface area contributed by atoms with Crippen molar-refractivity contribution in [1.29, 1.82) is 0 Å². The fraction of sp³-hybridized carbons (Fsp3) is 0.375. The van der Waals surface area contributed by atoms with Crippen LogP contribution in [0.1, 0.15) is 44.1 Å². The molecule has 1 aliphatic heterocycles. The van der Waals surface area contributed by atoms with E-state index in [4.69, 9.17) is 24.9 Å². The lowest BCUT2D eigenvalue weighted by atomic mass is 10.0. The van der Waals surface area contributed by atoms with E-state index in [1.54, 1.807) is 42.9 Å². The number of carbonyl (C=O) groups is 3. The first-order chi connectivity index (χ1) is 16.7. The molecular formula is C24H27N5O6. The van der Waals surface area contributed by atoms with Crippen LogP contribution in [0.5, 0.6) is 11.5 Å². The Morgan fingerprint density at radius 2 is 1.80 bits per heavy atom. The number of rotatable bonds is 6. The third-order valence-corrected chi connectivity index (χ3v) is 5.46. The lowest BCUT2D eigenvalue weighted by Gasteiger charge is -2.20. The summed E-state index contributed by atoms with van der Waals surface area (Å²) in [5.41, 5.74) is 6.93. The Morgan fingerprint density at radius 3 is 2.46 bits per heavy atom. The Hall–Kier alpha value is -4.15. The molecule has 0 saturated carbocycles. The monoisotopic (exact) mass is 481 g/mol. The number of imide groups is 1. The molecule has 0 spiro atoms. The van der Waals surface area contributed by atoms with Crippen LogP contribution in [0.2, 0.25) is 0 Å². The number of nitrogens with one attached hydrogen (secondary N) is 1. The van der Waals surface area contributed by atoms with Crippen molar-refractivity contribution in [3.8, 4) is 22.8 Å². The van der Waals surface area contributed by atoms with Gasteiger partial charge in [0.05, 0.1) is 22.8 Å². The summed E-state index contributed by atoms with van der Waals surface area (Å²) >= 11 is 0. The molecule has 1 aromatic carbocycles. The van der Waals surface area contributed by atoms with Crippen molar-refractivity contribution >= 4 is 28.9 Å². The Bertz CT molecular complexity index is 1300. The van der Waals surface area contributed by atoms with Gasteiger partial charge in [0, 0.05) is 11.6 Å². The summed E-state index contributed by atoms with van der Waals surface area (Å²) in [6.07, 6.45) is 0.316. The predicted molar refractivity (Wildman–Crippen MR) is 126 cm³/mol. The fourth-order valence-electron chi connectivity index (χ4n) is 3.78. The lowest BCUT2D eigenvalue weighted by Crippen LogP contribution is -2.45. The lowest BCUT2D eigenvalue weighted by molar-refractivity contribution is -0.130. The SMILES string of the molecule is CC(C)C(OC(=O)c1cc(-c2ccc3c(c2)OCCO3)nc2c1cnn2C(C)C)C(=O)NC(N)=O. The van der Waals surface area contributed by atoms with E-state index in [1.165, 1.54) is 0 Å². The predicted octanol–water partition coefficient (Wildman–Crippen LogP) is 2.83. The second kappa shape index (κ2) is 9.61. The summed E-state index contributed by atoms with van der Waals surface area (Å²) in [6, 6.07) is 5.95. The van der Waals surface area contributed by atoms with Crippen LogP contribution in [0.3, 0.4) is 0 Å². The number of urea groups is 1. The smallest absolute Gasteiger partial charge is 0.339 e. The Kier molecular flexibility index (Phi) is 6.59. The van der Waals surface area contributed by atoms with Gasteiger partial charge >= 0.3 is 12.0 Å². The van der Waals surface area contributed by atoms with Gasteiger partial charge in [-0.3, -0.25) is 10.1 Å². The maximum Gasteiger partial charge on any atom is 0.339 e. The average Bonchev–Trinajstić information content (AvgIpc) is 3.25. The van der Waals surface area contributed by atoms with E-state index in [2.05, 4.69) is 5.10 Å². The number of primary amides is 1. The highest BCUT2D eigenvalue weighted by Gasteiger charge is 2.29. The van der Waals surface area contributed by atoms with Crippen LogP contribution in [0.15, 0.2) is 30.5 Å². The molecule has 0 aliphatic carbocycles. The van der Waals surface area contributed by atoms with Gasteiger partial charge in [-0.15, -0.1) is 0 Å². The number of carbonyl (C=O) groups excluding carboxylic acids is 3. The van der Waals surface area contributed by atoms with Gasteiger partial charge in [-0.05, 0) is 44.0 Å². The molecule has 1 atom stereocenters. The molecule has 11 heteroatoms. The standard InChI is InChI=1S/C24H27N5O6/c1-12(2)20(22(30)28-24(25)32)35-23(31)15-10-17(27-21-16(15)11-26-29(21)13(3)4)14-5-6-18-19(9-14)34-8-7-33-18/h5-6,9-13,20H,7-8H2,1-4H3,(H3,25,28,30,32). The molecule has 4 rings (SSSR count). The molecule has 3 heterocycles. The highest BCUT2D eigenvalue weighted by Crippen LogP contribution is 2.35. The number of pyridine rings is 1. The highest BCUT2D eigenvalue weighted by atomic mass is 16.6. The number of fused-ring (bicyclic) bond motifs is 2. The average molecular weight is 482 g/mol. The second-order valence-electron chi connectivity index (χ2n) is 8.76. The van der Waals surface area contributed by atoms with Crippen molar-refractivity contribution in [2.24, 2.45) is 11.7 Å². The van der Waals surface area contributed by atoms with Crippen LogP contribution in [0.25, 0.3) is 22.3 Å². The van der Waals surface area contributed by atoms with Crippen molar-refractivity contribution in [2.45, 2.75) is 39.8 Å². The van der Waals surface area contributed by atoms with Crippen LogP contribution in [-0.4, -0.2) is 52.0 Å². The Morgan fingerprint density at radius 1 is 1.09 bits per heavy atom. The molecule has 3 N–H and O–H groups in total. The summed E-state index contributed by atoms with van der Waals surface area (Å²) in [4.78, 5) is 41.6. The first-order valence-electron chi connectivity index (χ1n) is 11.2. The van der Waals surface area contributed by atoms with E-state index in [0.29, 0.717) is 47.0 Å². The maximum absolute atomic E-state index is 13.3. The van der Waals surface area contributed by atoms with Gasteiger partial charge in [0.25, 0.3) is 5.91 Å². The van der Waals surface area contributed by atoms with Gasteiger partial charge in [-0.1, -0.05) is 13.8 Å². The molecule has 0 saturated heterocycles. The third kappa shape index (κ3) is 4.88. The number of nitrogens with zero attached hydrogens (tertiary/aromatic N) is 3. The van der Waals surface area contributed by atoms with Gasteiger partial charge in [0.2, 0.25) is 0 Å². The summed E-state index contributed by atoms with van der Waals surface area (Å²) in [5.74, 6) is -0.742. The molecule has 1 aliphatic rings. The van der Waals surface area contributed by atoms with Crippen LogP contribution in [-0.2, 0) is 9.53 Å². The largest absolute Gasteiger partial charge is 0.486 e. The van der Waals surface area contributed by atoms with Crippen LogP contribution in [0, 0.1) is 5.92 Å². The molecule has 3 aromatic rings. The topological polar surface area (TPSA) is 148 Å². The minimum absolute atomic E-state index is 0.0239. The van der Waals surface area contributed by atoms with Crippen molar-refractivity contribution < 1.29 is 28.6 Å².